The molecule has 1 saturated carbocycles. The molecule has 1 aliphatic rings. The van der Waals surface area contributed by atoms with Gasteiger partial charge in [0.25, 0.3) is 0 Å². The largest absolute Gasteiger partial charge is 0.324 e. The molecule has 2 rings (SSSR count). The van der Waals surface area contributed by atoms with Gasteiger partial charge in [-0.2, -0.15) is 0 Å². The molecule has 0 heterocycles. The summed E-state index contributed by atoms with van der Waals surface area (Å²) >= 11 is 11.8. The topological polar surface area (TPSA) is 26.0 Å². The fraction of sp³-hybridized carbons (Fsp3) is 0.455. The molecule has 0 saturated heterocycles. The summed E-state index contributed by atoms with van der Waals surface area (Å²) in [4.78, 5) is 0. The molecular weight excluding hydrogens is 252 g/mol. The molecular formula is C11H14Cl3N. The van der Waals surface area contributed by atoms with E-state index < -0.39 is 0 Å². The highest BCUT2D eigenvalue weighted by atomic mass is 35.5. The molecule has 0 unspecified atom stereocenters. The second-order valence-electron chi connectivity index (χ2n) is 3.92. The monoisotopic (exact) mass is 265 g/mol. The summed E-state index contributed by atoms with van der Waals surface area (Å²) in [6.07, 6.45) is 3.75. The zero-order chi connectivity index (χ0) is 10.1. The van der Waals surface area contributed by atoms with Crippen molar-refractivity contribution in [1.82, 2.24) is 0 Å². The Bertz CT molecular complexity index is 316. The molecule has 1 aromatic carbocycles. The lowest BCUT2D eigenvalue weighted by Crippen LogP contribution is -2.26. The van der Waals surface area contributed by atoms with E-state index in [4.69, 9.17) is 28.9 Å². The van der Waals surface area contributed by atoms with Crippen molar-refractivity contribution in [1.29, 1.82) is 0 Å². The Balaban J connectivity index is 0.00000112. The van der Waals surface area contributed by atoms with Crippen LogP contribution < -0.4 is 5.73 Å². The fourth-order valence-electron chi connectivity index (χ4n) is 1.84. The van der Waals surface area contributed by atoms with E-state index in [0.29, 0.717) is 16.0 Å². The maximum Gasteiger partial charge on any atom is 0.0424 e. The molecule has 2 N–H and O–H groups in total. The van der Waals surface area contributed by atoms with Gasteiger partial charge in [0, 0.05) is 16.1 Å². The van der Waals surface area contributed by atoms with Crippen LogP contribution in [-0.2, 0) is 0 Å². The van der Waals surface area contributed by atoms with Gasteiger partial charge in [-0.3, -0.25) is 0 Å². The lowest BCUT2D eigenvalue weighted by atomic mass is 9.78. The number of halogens is 3. The first kappa shape index (κ1) is 13.1. The van der Waals surface area contributed by atoms with Crippen LogP contribution in [0.25, 0.3) is 0 Å². The summed E-state index contributed by atoms with van der Waals surface area (Å²) in [6.45, 7) is 0. The molecule has 0 amide bonds. The maximum atomic E-state index is 6.12. The van der Waals surface area contributed by atoms with E-state index in [9.17, 15) is 0 Å². The van der Waals surface area contributed by atoms with Crippen molar-refractivity contribution < 1.29 is 0 Å². The fourth-order valence-corrected chi connectivity index (χ4v) is 2.38. The third-order valence-electron chi connectivity index (χ3n) is 2.93. The highest BCUT2D eigenvalue weighted by Crippen LogP contribution is 2.37. The maximum absolute atomic E-state index is 6.12. The van der Waals surface area contributed by atoms with Gasteiger partial charge in [0.2, 0.25) is 0 Å². The summed E-state index contributed by atoms with van der Waals surface area (Å²) in [5.74, 6) is 0.615. The second-order valence-corrected chi connectivity index (χ2v) is 4.79. The van der Waals surface area contributed by atoms with E-state index in [-0.39, 0.29) is 18.4 Å². The average molecular weight is 267 g/mol. The SMILES string of the molecule is Cl.N[C@H](c1cc(Cl)cc(Cl)c1)C1CCC1. The molecule has 0 radical (unpaired) electrons. The van der Waals surface area contributed by atoms with Gasteiger partial charge in [0.05, 0.1) is 0 Å². The molecule has 0 aromatic heterocycles. The number of benzene rings is 1. The molecule has 0 bridgehead atoms. The van der Waals surface area contributed by atoms with Crippen molar-refractivity contribution >= 4 is 35.6 Å². The highest BCUT2D eigenvalue weighted by molar-refractivity contribution is 6.34. The van der Waals surface area contributed by atoms with Crippen LogP contribution >= 0.6 is 35.6 Å². The Morgan fingerprint density at radius 1 is 1.13 bits per heavy atom. The minimum atomic E-state index is 0. The Morgan fingerprint density at radius 2 is 1.67 bits per heavy atom. The number of nitrogens with two attached hydrogens (primary N) is 1. The van der Waals surface area contributed by atoms with E-state index in [1.54, 1.807) is 6.07 Å². The van der Waals surface area contributed by atoms with Crippen molar-refractivity contribution in [3.63, 3.8) is 0 Å². The standard InChI is InChI=1S/C11H13Cl2N.ClH/c12-9-4-8(5-10(13)6-9)11(14)7-2-1-3-7;/h4-7,11H,1-3,14H2;1H/t11-;/m0./s1. The lowest BCUT2D eigenvalue weighted by Gasteiger charge is -2.31. The van der Waals surface area contributed by atoms with E-state index >= 15 is 0 Å². The van der Waals surface area contributed by atoms with Gasteiger partial charge < -0.3 is 5.73 Å². The van der Waals surface area contributed by atoms with Gasteiger partial charge in [-0.15, -0.1) is 12.4 Å². The molecule has 0 aliphatic heterocycles. The van der Waals surface area contributed by atoms with Crippen LogP contribution in [0, 0.1) is 5.92 Å². The predicted octanol–water partition coefficient (Wildman–Crippen LogP) is 4.22. The van der Waals surface area contributed by atoms with Crippen LogP contribution in [0.1, 0.15) is 30.9 Å². The average Bonchev–Trinajstić information content (AvgIpc) is 1.98. The van der Waals surface area contributed by atoms with Crippen molar-refractivity contribution in [2.75, 3.05) is 0 Å². The second kappa shape index (κ2) is 5.40. The van der Waals surface area contributed by atoms with E-state index in [1.165, 1.54) is 19.3 Å². The van der Waals surface area contributed by atoms with E-state index in [2.05, 4.69) is 0 Å². The number of hydrogen-bond acceptors (Lipinski definition) is 1. The van der Waals surface area contributed by atoms with Gasteiger partial charge in [-0.1, -0.05) is 29.6 Å². The van der Waals surface area contributed by atoms with Crippen LogP contribution in [-0.4, -0.2) is 0 Å². The van der Waals surface area contributed by atoms with Gasteiger partial charge in [0.1, 0.15) is 0 Å². The quantitative estimate of drug-likeness (QED) is 0.852. The van der Waals surface area contributed by atoms with Gasteiger partial charge in [-0.25, -0.2) is 0 Å². The highest BCUT2D eigenvalue weighted by Gasteiger charge is 2.25. The molecule has 1 atom stereocenters. The molecule has 1 aliphatic carbocycles. The summed E-state index contributed by atoms with van der Waals surface area (Å²) in [5, 5.41) is 1.34. The molecule has 4 heteroatoms. The Labute approximate surface area is 106 Å². The zero-order valence-corrected chi connectivity index (χ0v) is 10.6. The summed E-state index contributed by atoms with van der Waals surface area (Å²) in [7, 11) is 0. The van der Waals surface area contributed by atoms with Crippen molar-refractivity contribution in [3.05, 3.63) is 33.8 Å². The molecule has 0 spiro atoms. The first-order chi connectivity index (χ1) is 6.66. The number of rotatable bonds is 2. The van der Waals surface area contributed by atoms with Crippen molar-refractivity contribution in [3.8, 4) is 0 Å². The lowest BCUT2D eigenvalue weighted by molar-refractivity contribution is 0.264. The molecule has 84 valence electrons. The Morgan fingerprint density at radius 3 is 2.07 bits per heavy atom. The van der Waals surface area contributed by atoms with E-state index in [0.717, 1.165) is 5.56 Å². The van der Waals surface area contributed by atoms with Crippen LogP contribution in [0.15, 0.2) is 18.2 Å². The smallest absolute Gasteiger partial charge is 0.0424 e. The normalized spacial score (nSPS) is 17.8. The Kier molecular flexibility index (Phi) is 4.72. The molecule has 15 heavy (non-hydrogen) atoms. The zero-order valence-electron chi connectivity index (χ0n) is 8.25. The van der Waals surface area contributed by atoms with Crippen LogP contribution in [0.3, 0.4) is 0 Å². The summed E-state index contributed by atoms with van der Waals surface area (Å²) in [6, 6.07) is 5.66. The van der Waals surface area contributed by atoms with Crippen LogP contribution in [0.5, 0.6) is 0 Å². The first-order valence-corrected chi connectivity index (χ1v) is 5.64. The van der Waals surface area contributed by atoms with Crippen LogP contribution in [0.4, 0.5) is 0 Å². The van der Waals surface area contributed by atoms with Crippen molar-refractivity contribution in [2.24, 2.45) is 11.7 Å². The third-order valence-corrected chi connectivity index (χ3v) is 3.36. The Hall–Kier alpha value is 0.0500. The molecule has 1 fully saturated rings. The van der Waals surface area contributed by atoms with Gasteiger partial charge in [-0.05, 0) is 42.5 Å². The predicted molar refractivity (Wildman–Crippen MR) is 68.0 cm³/mol. The summed E-state index contributed by atoms with van der Waals surface area (Å²) < 4.78 is 0. The molecule has 1 aromatic rings. The van der Waals surface area contributed by atoms with Crippen molar-refractivity contribution in [2.45, 2.75) is 25.3 Å². The third kappa shape index (κ3) is 3.01. The number of hydrogen-bond donors (Lipinski definition) is 1. The minimum absolute atomic E-state index is 0. The summed E-state index contributed by atoms with van der Waals surface area (Å²) in [5.41, 5.74) is 7.18. The van der Waals surface area contributed by atoms with Gasteiger partial charge in [0.15, 0.2) is 0 Å². The minimum Gasteiger partial charge on any atom is -0.324 e. The first-order valence-electron chi connectivity index (χ1n) is 4.88. The molecule has 1 nitrogen and oxygen atoms in total. The van der Waals surface area contributed by atoms with Gasteiger partial charge >= 0.3 is 0 Å². The van der Waals surface area contributed by atoms with Crippen LogP contribution in [0.2, 0.25) is 10.0 Å². The van der Waals surface area contributed by atoms with E-state index in [1.807, 2.05) is 12.1 Å².